The second kappa shape index (κ2) is 12.4. The van der Waals surface area contributed by atoms with Crippen molar-refractivity contribution in [2.75, 3.05) is 7.11 Å². The summed E-state index contributed by atoms with van der Waals surface area (Å²) < 4.78 is 51.4. The molecule has 214 valence electrons. The SMILES string of the molecule is CCC(CC)(OC)c1ccc(Oc2cccc(OC(C)(CC)C(C)C)c2C#N)c(-c2ccc(S(=O)(=O)O)cc2)c1. The molecule has 1 atom stereocenters. The van der Waals surface area contributed by atoms with Crippen LogP contribution in [0.3, 0.4) is 0 Å². The van der Waals surface area contributed by atoms with Crippen LogP contribution >= 0.6 is 0 Å². The van der Waals surface area contributed by atoms with Gasteiger partial charge in [0.05, 0.1) is 10.5 Å². The summed E-state index contributed by atoms with van der Waals surface area (Å²) in [5.41, 5.74) is 1.59. The van der Waals surface area contributed by atoms with E-state index in [4.69, 9.17) is 14.2 Å². The first-order valence-corrected chi connectivity index (χ1v) is 15.0. The van der Waals surface area contributed by atoms with E-state index in [0.29, 0.717) is 28.4 Å². The molecule has 0 amide bonds. The summed E-state index contributed by atoms with van der Waals surface area (Å²) >= 11 is 0. The highest BCUT2D eigenvalue weighted by molar-refractivity contribution is 7.85. The van der Waals surface area contributed by atoms with Crippen molar-refractivity contribution in [1.82, 2.24) is 0 Å². The lowest BCUT2D eigenvalue weighted by atomic mass is 9.86. The number of nitrogens with zero attached hydrogens (tertiary/aromatic N) is 1. The zero-order valence-electron chi connectivity index (χ0n) is 24.3. The van der Waals surface area contributed by atoms with Gasteiger partial charge >= 0.3 is 0 Å². The number of methoxy groups -OCH3 is 1. The van der Waals surface area contributed by atoms with Gasteiger partial charge in [-0.25, -0.2) is 0 Å². The summed E-state index contributed by atoms with van der Waals surface area (Å²) in [6.07, 6.45) is 2.25. The van der Waals surface area contributed by atoms with E-state index >= 15 is 0 Å². The van der Waals surface area contributed by atoms with Crippen LogP contribution in [0.25, 0.3) is 11.1 Å². The standard InChI is InChI=1S/C32H39NO6S/c1-8-31(6,22(4)5)39-30-13-11-12-28(27(30)21-33)38-29-19-16-24(32(9-2,10-3)37-7)20-26(29)23-14-17-25(18-15-23)40(34,35)36/h11-20,22H,8-10H2,1-7H3,(H,34,35,36). The lowest BCUT2D eigenvalue weighted by Crippen LogP contribution is -2.37. The van der Waals surface area contributed by atoms with Gasteiger partial charge < -0.3 is 14.2 Å². The molecule has 0 spiro atoms. The van der Waals surface area contributed by atoms with Gasteiger partial charge in [0.25, 0.3) is 10.1 Å². The van der Waals surface area contributed by atoms with Crippen LogP contribution in [0.5, 0.6) is 17.2 Å². The number of benzene rings is 3. The lowest BCUT2D eigenvalue weighted by molar-refractivity contribution is -0.0217. The van der Waals surface area contributed by atoms with Crippen molar-refractivity contribution >= 4 is 10.1 Å². The maximum atomic E-state index is 11.6. The van der Waals surface area contributed by atoms with E-state index in [1.165, 1.54) is 12.1 Å². The fourth-order valence-electron chi connectivity index (χ4n) is 4.76. The molecule has 0 aromatic heterocycles. The van der Waals surface area contributed by atoms with Crippen molar-refractivity contribution in [3.05, 3.63) is 71.8 Å². The van der Waals surface area contributed by atoms with Gasteiger partial charge in [-0.05, 0) is 79.6 Å². The van der Waals surface area contributed by atoms with E-state index in [0.717, 1.165) is 24.8 Å². The Labute approximate surface area is 238 Å². The third-order valence-electron chi connectivity index (χ3n) is 8.09. The maximum Gasteiger partial charge on any atom is 0.294 e. The molecule has 0 fully saturated rings. The van der Waals surface area contributed by atoms with Gasteiger partial charge in [0.15, 0.2) is 0 Å². The van der Waals surface area contributed by atoms with Crippen LogP contribution in [-0.2, 0) is 20.5 Å². The lowest BCUT2D eigenvalue weighted by Gasteiger charge is -2.34. The van der Waals surface area contributed by atoms with Crippen LogP contribution in [-0.4, -0.2) is 25.7 Å². The number of rotatable bonds is 12. The first kappa shape index (κ1) is 31.2. The summed E-state index contributed by atoms with van der Waals surface area (Å²) in [5, 5.41) is 10.1. The van der Waals surface area contributed by atoms with Gasteiger partial charge in [-0.2, -0.15) is 13.7 Å². The first-order chi connectivity index (χ1) is 18.9. The fourth-order valence-corrected chi connectivity index (χ4v) is 5.24. The zero-order valence-corrected chi connectivity index (χ0v) is 25.1. The van der Waals surface area contributed by atoms with Gasteiger partial charge in [-0.3, -0.25) is 4.55 Å². The van der Waals surface area contributed by atoms with E-state index in [-0.39, 0.29) is 16.4 Å². The van der Waals surface area contributed by atoms with Gasteiger partial charge in [0.2, 0.25) is 0 Å². The largest absolute Gasteiger partial charge is 0.486 e. The summed E-state index contributed by atoms with van der Waals surface area (Å²) in [6, 6.07) is 19.2. The topological polar surface area (TPSA) is 106 Å². The Morgan fingerprint density at radius 3 is 2.05 bits per heavy atom. The van der Waals surface area contributed by atoms with Crippen molar-refractivity contribution in [2.24, 2.45) is 5.92 Å². The van der Waals surface area contributed by atoms with E-state index in [1.807, 2.05) is 25.1 Å². The molecule has 0 aliphatic heterocycles. The van der Waals surface area contributed by atoms with Crippen LogP contribution in [0, 0.1) is 17.2 Å². The number of ether oxygens (including phenoxy) is 3. The second-order valence-corrected chi connectivity index (χ2v) is 11.8. The molecule has 0 saturated carbocycles. The molecule has 40 heavy (non-hydrogen) atoms. The van der Waals surface area contributed by atoms with E-state index in [9.17, 15) is 18.2 Å². The Morgan fingerprint density at radius 2 is 1.55 bits per heavy atom. The summed E-state index contributed by atoms with van der Waals surface area (Å²) in [5.74, 6) is 1.48. The Kier molecular flexibility index (Phi) is 9.68. The molecule has 3 rings (SSSR count). The highest BCUT2D eigenvalue weighted by Gasteiger charge is 2.31. The summed E-state index contributed by atoms with van der Waals surface area (Å²) in [6.45, 7) is 12.4. The van der Waals surface area contributed by atoms with Crippen LogP contribution in [0.4, 0.5) is 0 Å². The predicted molar refractivity (Wildman–Crippen MR) is 156 cm³/mol. The molecule has 0 aliphatic carbocycles. The van der Waals surface area contributed by atoms with Crippen LogP contribution in [0.15, 0.2) is 65.6 Å². The Morgan fingerprint density at radius 1 is 0.925 bits per heavy atom. The maximum absolute atomic E-state index is 11.6. The molecule has 7 nitrogen and oxygen atoms in total. The molecule has 0 heterocycles. The van der Waals surface area contributed by atoms with Crippen molar-refractivity contribution in [3.63, 3.8) is 0 Å². The predicted octanol–water partition coefficient (Wildman–Crippen LogP) is 8.13. The van der Waals surface area contributed by atoms with Crippen molar-refractivity contribution in [2.45, 2.75) is 76.9 Å². The number of nitriles is 1. The van der Waals surface area contributed by atoms with Gasteiger partial charge in [-0.15, -0.1) is 0 Å². The zero-order chi connectivity index (χ0) is 29.7. The molecule has 3 aromatic rings. The van der Waals surface area contributed by atoms with Gasteiger partial charge in [-0.1, -0.05) is 58.9 Å². The molecule has 1 unspecified atom stereocenters. The average molecular weight is 566 g/mol. The molecular formula is C32H39NO6S. The third-order valence-corrected chi connectivity index (χ3v) is 8.96. The quantitative estimate of drug-likeness (QED) is 0.221. The number of hydrogen-bond donors (Lipinski definition) is 1. The smallest absolute Gasteiger partial charge is 0.294 e. The fraction of sp³-hybridized carbons (Fsp3) is 0.406. The molecule has 0 saturated heterocycles. The van der Waals surface area contributed by atoms with Crippen molar-refractivity contribution in [3.8, 4) is 34.4 Å². The Hall–Kier alpha value is -3.38. The van der Waals surface area contributed by atoms with Crippen LogP contribution in [0.1, 0.15) is 71.9 Å². The van der Waals surface area contributed by atoms with E-state index < -0.39 is 21.3 Å². The third kappa shape index (κ3) is 6.33. The van der Waals surface area contributed by atoms with E-state index in [2.05, 4.69) is 40.7 Å². The van der Waals surface area contributed by atoms with Gasteiger partial charge in [0.1, 0.15) is 34.5 Å². The molecule has 0 radical (unpaired) electrons. The molecular weight excluding hydrogens is 526 g/mol. The minimum atomic E-state index is -4.34. The Bertz CT molecular complexity index is 1460. The first-order valence-electron chi connectivity index (χ1n) is 13.6. The van der Waals surface area contributed by atoms with Crippen molar-refractivity contribution in [1.29, 1.82) is 5.26 Å². The normalized spacial score (nSPS) is 13.5. The molecule has 1 N–H and O–H groups in total. The minimum absolute atomic E-state index is 0.205. The monoisotopic (exact) mass is 565 g/mol. The van der Waals surface area contributed by atoms with Crippen molar-refractivity contribution < 1.29 is 27.2 Å². The molecule has 0 bridgehead atoms. The van der Waals surface area contributed by atoms with Crippen LogP contribution in [0.2, 0.25) is 0 Å². The Balaban J connectivity index is 2.17. The highest BCUT2D eigenvalue weighted by atomic mass is 32.2. The molecule has 3 aromatic carbocycles. The second-order valence-electron chi connectivity index (χ2n) is 10.4. The van der Waals surface area contributed by atoms with Crippen LogP contribution < -0.4 is 9.47 Å². The summed E-state index contributed by atoms with van der Waals surface area (Å²) in [7, 11) is -2.66. The summed E-state index contributed by atoms with van der Waals surface area (Å²) in [4.78, 5) is -0.205. The highest BCUT2D eigenvalue weighted by Crippen LogP contribution is 2.42. The van der Waals surface area contributed by atoms with E-state index in [1.54, 1.807) is 37.4 Å². The molecule has 0 aliphatic rings. The van der Waals surface area contributed by atoms with Gasteiger partial charge in [0, 0.05) is 12.7 Å². The minimum Gasteiger partial charge on any atom is -0.486 e. The number of hydrogen-bond acceptors (Lipinski definition) is 6. The molecule has 8 heteroatoms. The average Bonchev–Trinajstić information content (AvgIpc) is 2.94.